The van der Waals surface area contributed by atoms with Crippen molar-refractivity contribution in [3.8, 4) is 0 Å². The number of nitrogens with one attached hydrogen (secondary N) is 1. The Bertz CT molecular complexity index is 704. The fourth-order valence-electron chi connectivity index (χ4n) is 1.79. The normalized spacial score (nSPS) is 10.1. The lowest BCUT2D eigenvalue weighted by Crippen LogP contribution is -2.11. The zero-order valence-corrected chi connectivity index (χ0v) is 10.9. The number of carbonyl (C=O) groups is 1. The minimum Gasteiger partial charge on any atom is -0.381 e. The highest BCUT2D eigenvalue weighted by atomic mass is 19.1. The van der Waals surface area contributed by atoms with Gasteiger partial charge in [-0.1, -0.05) is 12.1 Å². The van der Waals surface area contributed by atoms with E-state index in [1.807, 2.05) is 0 Å². The van der Waals surface area contributed by atoms with Crippen molar-refractivity contribution in [2.75, 3.05) is 5.32 Å². The first-order valence-corrected chi connectivity index (χ1v) is 6.04. The van der Waals surface area contributed by atoms with E-state index in [4.69, 9.17) is 5.73 Å². The molecule has 3 N–H and O–H groups in total. The van der Waals surface area contributed by atoms with Crippen molar-refractivity contribution < 1.29 is 14.1 Å². The van der Waals surface area contributed by atoms with Crippen molar-refractivity contribution in [3.05, 3.63) is 69.5 Å². The van der Waals surface area contributed by atoms with Crippen LogP contribution in [0.15, 0.2) is 42.5 Å². The van der Waals surface area contributed by atoms with Crippen LogP contribution in [0, 0.1) is 15.9 Å². The number of anilines is 1. The van der Waals surface area contributed by atoms with Crippen LogP contribution in [0.25, 0.3) is 0 Å². The number of benzene rings is 2. The van der Waals surface area contributed by atoms with Gasteiger partial charge in [0, 0.05) is 23.9 Å². The van der Waals surface area contributed by atoms with E-state index < -0.39 is 22.3 Å². The van der Waals surface area contributed by atoms with E-state index in [1.165, 1.54) is 6.07 Å². The monoisotopic (exact) mass is 289 g/mol. The molecule has 0 aromatic heterocycles. The summed E-state index contributed by atoms with van der Waals surface area (Å²) in [7, 11) is 0. The molecule has 6 nitrogen and oxygen atoms in total. The van der Waals surface area contributed by atoms with Crippen LogP contribution in [-0.4, -0.2) is 10.8 Å². The van der Waals surface area contributed by atoms with Crippen LogP contribution in [-0.2, 0) is 6.54 Å². The molecule has 0 aliphatic carbocycles. The van der Waals surface area contributed by atoms with Crippen molar-refractivity contribution in [2.24, 2.45) is 5.73 Å². The number of hydrogen-bond donors (Lipinski definition) is 2. The molecule has 0 aliphatic rings. The quantitative estimate of drug-likeness (QED) is 0.652. The third kappa shape index (κ3) is 3.53. The highest BCUT2D eigenvalue weighted by Crippen LogP contribution is 2.19. The zero-order valence-electron chi connectivity index (χ0n) is 10.9. The van der Waals surface area contributed by atoms with E-state index in [1.54, 1.807) is 24.3 Å². The molecule has 0 radical (unpaired) electrons. The molecule has 0 saturated heterocycles. The van der Waals surface area contributed by atoms with Gasteiger partial charge < -0.3 is 11.1 Å². The van der Waals surface area contributed by atoms with Gasteiger partial charge in [0.2, 0.25) is 11.7 Å². The highest BCUT2D eigenvalue weighted by molar-refractivity contribution is 5.93. The summed E-state index contributed by atoms with van der Waals surface area (Å²) in [6, 6.07) is 10.2. The van der Waals surface area contributed by atoms with Crippen LogP contribution in [0.4, 0.5) is 15.8 Å². The van der Waals surface area contributed by atoms with Crippen LogP contribution < -0.4 is 11.1 Å². The van der Waals surface area contributed by atoms with Crippen LogP contribution in [0.3, 0.4) is 0 Å². The number of nitro benzene ring substituents is 1. The molecule has 2 aromatic rings. The Labute approximate surface area is 119 Å². The van der Waals surface area contributed by atoms with Gasteiger partial charge in [-0.2, -0.15) is 4.39 Å². The van der Waals surface area contributed by atoms with Gasteiger partial charge >= 0.3 is 5.69 Å². The van der Waals surface area contributed by atoms with E-state index >= 15 is 0 Å². The topological polar surface area (TPSA) is 98.3 Å². The summed E-state index contributed by atoms with van der Waals surface area (Å²) in [4.78, 5) is 20.8. The number of nitrogens with zero attached hydrogens (tertiary/aromatic N) is 1. The van der Waals surface area contributed by atoms with Gasteiger partial charge in [0.15, 0.2) is 0 Å². The fourth-order valence-corrected chi connectivity index (χ4v) is 1.79. The molecule has 7 heteroatoms. The summed E-state index contributed by atoms with van der Waals surface area (Å²) >= 11 is 0. The molecule has 0 saturated carbocycles. The van der Waals surface area contributed by atoms with Gasteiger partial charge in [-0.15, -0.1) is 0 Å². The lowest BCUT2D eigenvalue weighted by atomic mass is 10.1. The van der Waals surface area contributed by atoms with Gasteiger partial charge in [0.05, 0.1) is 4.92 Å². The van der Waals surface area contributed by atoms with Gasteiger partial charge in [0.25, 0.3) is 0 Å². The number of hydrogen-bond acceptors (Lipinski definition) is 4. The molecule has 2 aromatic carbocycles. The number of carbonyl (C=O) groups excluding carboxylic acids is 1. The van der Waals surface area contributed by atoms with Crippen molar-refractivity contribution in [2.45, 2.75) is 6.54 Å². The van der Waals surface area contributed by atoms with Crippen LogP contribution >= 0.6 is 0 Å². The molecule has 0 aliphatic heterocycles. The molecule has 108 valence electrons. The van der Waals surface area contributed by atoms with E-state index in [9.17, 15) is 19.3 Å². The number of rotatable bonds is 5. The smallest absolute Gasteiger partial charge is 0.304 e. The maximum atomic E-state index is 13.5. The highest BCUT2D eigenvalue weighted by Gasteiger charge is 2.13. The minimum atomic E-state index is -0.884. The lowest BCUT2D eigenvalue weighted by molar-refractivity contribution is -0.387. The number of amides is 1. The maximum absolute atomic E-state index is 13.5. The lowest BCUT2D eigenvalue weighted by Gasteiger charge is -2.07. The van der Waals surface area contributed by atoms with Gasteiger partial charge in [0.1, 0.15) is 0 Å². The van der Waals surface area contributed by atoms with Gasteiger partial charge in [-0.05, 0) is 29.8 Å². The fraction of sp³-hybridized carbons (Fsp3) is 0.0714. The Hall–Kier alpha value is -2.96. The summed E-state index contributed by atoms with van der Waals surface area (Å²) in [5, 5.41) is 13.5. The number of nitro groups is 1. The molecular weight excluding hydrogens is 277 g/mol. The average molecular weight is 289 g/mol. The summed E-state index contributed by atoms with van der Waals surface area (Å²) in [6.45, 7) is 0.261. The Morgan fingerprint density at radius 3 is 2.67 bits per heavy atom. The third-order valence-electron chi connectivity index (χ3n) is 2.85. The molecule has 0 fully saturated rings. The largest absolute Gasteiger partial charge is 0.381 e. The minimum absolute atomic E-state index is 0.261. The predicted octanol–water partition coefficient (Wildman–Crippen LogP) is 2.44. The maximum Gasteiger partial charge on any atom is 0.304 e. The average Bonchev–Trinajstić information content (AvgIpc) is 2.45. The van der Waals surface area contributed by atoms with Gasteiger partial charge in [-0.3, -0.25) is 14.9 Å². The van der Waals surface area contributed by atoms with Gasteiger partial charge in [-0.25, -0.2) is 0 Å². The van der Waals surface area contributed by atoms with Crippen LogP contribution in [0.1, 0.15) is 15.9 Å². The molecule has 1 amide bonds. The predicted molar refractivity (Wildman–Crippen MR) is 75.3 cm³/mol. The molecule has 0 spiro atoms. The van der Waals surface area contributed by atoms with Crippen molar-refractivity contribution >= 4 is 17.3 Å². The molecule has 0 heterocycles. The Morgan fingerprint density at radius 1 is 1.29 bits per heavy atom. The Morgan fingerprint density at radius 2 is 2.05 bits per heavy atom. The standard InChI is InChI=1S/C14H12FN3O3/c15-12-6-9(4-5-13(12)18(20)21)8-17-11-3-1-2-10(7-11)14(16)19/h1-7,17H,8H2,(H2,16,19). The second kappa shape index (κ2) is 6.00. The summed E-state index contributed by atoms with van der Waals surface area (Å²) in [6.07, 6.45) is 0. The Balaban J connectivity index is 2.10. The second-order valence-corrected chi connectivity index (χ2v) is 4.34. The zero-order chi connectivity index (χ0) is 15.4. The molecule has 0 atom stereocenters. The van der Waals surface area contributed by atoms with E-state index in [0.29, 0.717) is 16.8 Å². The molecule has 21 heavy (non-hydrogen) atoms. The van der Waals surface area contributed by atoms with Crippen LogP contribution in [0.5, 0.6) is 0 Å². The molecule has 0 unspecified atom stereocenters. The first kappa shape index (κ1) is 14.4. The number of primary amides is 1. The summed E-state index contributed by atoms with van der Waals surface area (Å²) in [5.41, 5.74) is 6.16. The number of nitrogens with two attached hydrogens (primary N) is 1. The van der Waals surface area contributed by atoms with Crippen LogP contribution in [0.2, 0.25) is 0 Å². The van der Waals surface area contributed by atoms with E-state index in [0.717, 1.165) is 12.1 Å². The molecule has 0 bridgehead atoms. The Kier molecular flexibility index (Phi) is 4.13. The third-order valence-corrected chi connectivity index (χ3v) is 2.85. The molecular formula is C14H12FN3O3. The summed E-state index contributed by atoms with van der Waals surface area (Å²) in [5.74, 6) is -1.43. The van der Waals surface area contributed by atoms with E-state index in [-0.39, 0.29) is 6.54 Å². The first-order chi connectivity index (χ1) is 9.97. The van der Waals surface area contributed by atoms with Crippen molar-refractivity contribution in [1.29, 1.82) is 0 Å². The SMILES string of the molecule is NC(=O)c1cccc(NCc2ccc([N+](=O)[O-])c(F)c2)c1. The van der Waals surface area contributed by atoms with E-state index in [2.05, 4.69) is 5.32 Å². The van der Waals surface area contributed by atoms with Crippen molar-refractivity contribution in [3.63, 3.8) is 0 Å². The second-order valence-electron chi connectivity index (χ2n) is 4.34. The van der Waals surface area contributed by atoms with Crippen molar-refractivity contribution in [1.82, 2.24) is 0 Å². The first-order valence-electron chi connectivity index (χ1n) is 6.04. The number of halogens is 1. The summed E-state index contributed by atoms with van der Waals surface area (Å²) < 4.78 is 13.5. The molecule has 2 rings (SSSR count).